The van der Waals surface area contributed by atoms with Gasteiger partial charge < -0.3 is 5.32 Å². The van der Waals surface area contributed by atoms with Crippen LogP contribution in [0.15, 0.2) is 41.6 Å². The summed E-state index contributed by atoms with van der Waals surface area (Å²) in [6, 6.07) is 8.20. The topological polar surface area (TPSA) is 42.0 Å². The fourth-order valence-electron chi connectivity index (χ4n) is 2.02. The Labute approximate surface area is 163 Å². The Morgan fingerprint density at radius 3 is 2.54 bits per heavy atom. The van der Waals surface area contributed by atoms with E-state index in [0.717, 1.165) is 23.6 Å². The minimum absolute atomic E-state index is 0.0551. The minimum atomic E-state index is -4.47. The van der Waals surface area contributed by atoms with Crippen LogP contribution in [0.4, 0.5) is 13.2 Å². The molecule has 1 aromatic heterocycles. The average Bonchev–Trinajstić information content (AvgIpc) is 2.59. The fraction of sp³-hybridized carbons (Fsp3) is 0.294. The molecule has 2 aromatic rings. The predicted molar refractivity (Wildman–Crippen MR) is 101 cm³/mol. The monoisotopic (exact) mass is 420 g/mol. The molecule has 1 N–H and O–H groups in total. The highest BCUT2D eigenvalue weighted by Gasteiger charge is 2.31. The van der Waals surface area contributed by atoms with E-state index < -0.39 is 11.7 Å². The zero-order valence-electron chi connectivity index (χ0n) is 13.8. The Morgan fingerprint density at radius 1 is 1.27 bits per heavy atom. The van der Waals surface area contributed by atoms with Gasteiger partial charge in [0, 0.05) is 29.8 Å². The van der Waals surface area contributed by atoms with Crippen LogP contribution in [0.1, 0.15) is 21.5 Å². The molecule has 0 aliphatic carbocycles. The van der Waals surface area contributed by atoms with Crippen LogP contribution in [0.2, 0.25) is 5.02 Å². The molecule has 3 nitrogen and oxygen atoms in total. The van der Waals surface area contributed by atoms with Crippen molar-refractivity contribution in [2.45, 2.75) is 17.0 Å². The van der Waals surface area contributed by atoms with Gasteiger partial charge in [0.2, 0.25) is 0 Å². The van der Waals surface area contributed by atoms with E-state index in [1.807, 2.05) is 18.4 Å². The van der Waals surface area contributed by atoms with Gasteiger partial charge in [-0.05, 0) is 30.0 Å². The van der Waals surface area contributed by atoms with E-state index >= 15 is 0 Å². The second kappa shape index (κ2) is 9.53. The lowest BCUT2D eigenvalue weighted by Gasteiger charge is -2.09. The van der Waals surface area contributed by atoms with E-state index in [1.54, 1.807) is 23.9 Å². The van der Waals surface area contributed by atoms with Crippen molar-refractivity contribution < 1.29 is 18.0 Å². The summed E-state index contributed by atoms with van der Waals surface area (Å²) in [6.45, 7) is 0.342. The van der Waals surface area contributed by atoms with Gasteiger partial charge in [-0.2, -0.15) is 24.9 Å². The molecule has 9 heteroatoms. The SMILES string of the molecule is CSCc1ccc(C(=O)NCCSc2ncc(C(F)(F)F)cc2Cl)cc1. The number of pyridine rings is 1. The summed E-state index contributed by atoms with van der Waals surface area (Å²) in [4.78, 5) is 15.8. The van der Waals surface area contributed by atoms with Crippen molar-refractivity contribution >= 4 is 41.0 Å². The summed E-state index contributed by atoms with van der Waals surface area (Å²) in [5.74, 6) is 1.13. The molecule has 140 valence electrons. The molecular formula is C17H16ClF3N2OS2. The number of carbonyl (C=O) groups is 1. The summed E-state index contributed by atoms with van der Waals surface area (Å²) in [5, 5.41) is 3.01. The molecule has 1 aromatic carbocycles. The second-order valence-corrected chi connectivity index (χ2v) is 7.60. The molecule has 0 saturated carbocycles. The largest absolute Gasteiger partial charge is 0.417 e. The van der Waals surface area contributed by atoms with Crippen LogP contribution >= 0.6 is 35.1 Å². The third-order valence-electron chi connectivity index (χ3n) is 3.29. The van der Waals surface area contributed by atoms with Gasteiger partial charge in [0.05, 0.1) is 10.6 Å². The zero-order chi connectivity index (χ0) is 19.2. The lowest BCUT2D eigenvalue weighted by Crippen LogP contribution is -2.25. The average molecular weight is 421 g/mol. The smallest absolute Gasteiger partial charge is 0.351 e. The van der Waals surface area contributed by atoms with Gasteiger partial charge in [0.15, 0.2) is 0 Å². The van der Waals surface area contributed by atoms with Gasteiger partial charge in [-0.1, -0.05) is 23.7 Å². The van der Waals surface area contributed by atoms with Crippen LogP contribution in [0.5, 0.6) is 0 Å². The van der Waals surface area contributed by atoms with Gasteiger partial charge in [0.25, 0.3) is 5.91 Å². The Hall–Kier alpha value is -1.38. The third-order valence-corrected chi connectivity index (χ3v) is 5.32. The van der Waals surface area contributed by atoms with Crippen molar-refractivity contribution in [2.75, 3.05) is 18.6 Å². The molecule has 1 amide bonds. The number of thioether (sulfide) groups is 2. The number of carbonyl (C=O) groups excluding carboxylic acids is 1. The Bertz CT molecular complexity index is 755. The van der Waals surface area contributed by atoms with Crippen LogP contribution in [-0.4, -0.2) is 29.4 Å². The molecule has 1 heterocycles. The van der Waals surface area contributed by atoms with Crippen molar-refractivity contribution in [3.05, 3.63) is 58.2 Å². The van der Waals surface area contributed by atoms with E-state index in [4.69, 9.17) is 11.6 Å². The maximum Gasteiger partial charge on any atom is 0.417 e. The highest BCUT2D eigenvalue weighted by atomic mass is 35.5. The fourth-order valence-corrected chi connectivity index (χ4v) is 3.60. The number of nitrogens with zero attached hydrogens (tertiary/aromatic N) is 1. The Morgan fingerprint density at radius 2 is 1.96 bits per heavy atom. The molecule has 0 aliphatic heterocycles. The van der Waals surface area contributed by atoms with Crippen molar-refractivity contribution in [2.24, 2.45) is 0 Å². The minimum Gasteiger partial charge on any atom is -0.351 e. The number of aromatic nitrogens is 1. The highest BCUT2D eigenvalue weighted by molar-refractivity contribution is 7.99. The maximum atomic E-state index is 12.6. The predicted octanol–water partition coefficient (Wildman–Crippen LogP) is 5.14. The van der Waals surface area contributed by atoms with Crippen LogP contribution in [-0.2, 0) is 11.9 Å². The van der Waals surface area contributed by atoms with E-state index in [0.29, 0.717) is 22.9 Å². The summed E-state index contributed by atoms with van der Waals surface area (Å²) in [5.41, 5.74) is 0.822. The quantitative estimate of drug-likeness (QED) is 0.497. The lowest BCUT2D eigenvalue weighted by atomic mass is 10.1. The van der Waals surface area contributed by atoms with Crippen LogP contribution in [0, 0.1) is 0 Å². The van der Waals surface area contributed by atoms with Crippen molar-refractivity contribution in [3.63, 3.8) is 0 Å². The van der Waals surface area contributed by atoms with E-state index in [1.165, 1.54) is 11.8 Å². The molecule has 2 rings (SSSR count). The molecule has 0 radical (unpaired) electrons. The molecule has 0 aliphatic rings. The molecule has 0 unspecified atom stereocenters. The Kier molecular flexibility index (Phi) is 7.67. The summed E-state index contributed by atoms with van der Waals surface area (Å²) >= 11 is 8.73. The molecule has 26 heavy (non-hydrogen) atoms. The summed E-state index contributed by atoms with van der Waals surface area (Å²) in [6.07, 6.45) is -1.71. The van der Waals surface area contributed by atoms with Gasteiger partial charge in [0.1, 0.15) is 5.03 Å². The molecule has 0 bridgehead atoms. The molecule has 0 saturated heterocycles. The van der Waals surface area contributed by atoms with Crippen LogP contribution < -0.4 is 5.32 Å². The van der Waals surface area contributed by atoms with Gasteiger partial charge in [-0.25, -0.2) is 4.98 Å². The maximum absolute atomic E-state index is 12.6. The normalized spacial score (nSPS) is 11.4. The number of benzene rings is 1. The van der Waals surface area contributed by atoms with Gasteiger partial charge in [-0.3, -0.25) is 4.79 Å². The molecule has 0 spiro atoms. The summed E-state index contributed by atoms with van der Waals surface area (Å²) < 4.78 is 37.7. The first-order chi connectivity index (χ1) is 12.3. The third kappa shape index (κ3) is 6.10. The molecular weight excluding hydrogens is 405 g/mol. The molecule has 0 fully saturated rings. The van der Waals surface area contributed by atoms with Crippen molar-refractivity contribution in [1.82, 2.24) is 10.3 Å². The van der Waals surface area contributed by atoms with Crippen molar-refractivity contribution in [1.29, 1.82) is 0 Å². The van der Waals surface area contributed by atoms with E-state index in [-0.39, 0.29) is 10.9 Å². The first-order valence-corrected chi connectivity index (χ1v) is 10.3. The molecule has 0 atom stereocenters. The summed E-state index contributed by atoms with van der Waals surface area (Å²) in [7, 11) is 0. The van der Waals surface area contributed by atoms with E-state index in [9.17, 15) is 18.0 Å². The Balaban J connectivity index is 1.82. The zero-order valence-corrected chi connectivity index (χ0v) is 16.2. The first kappa shape index (κ1) is 20.9. The first-order valence-electron chi connectivity index (χ1n) is 7.53. The number of hydrogen-bond acceptors (Lipinski definition) is 4. The van der Waals surface area contributed by atoms with Crippen LogP contribution in [0.25, 0.3) is 0 Å². The van der Waals surface area contributed by atoms with Crippen molar-refractivity contribution in [3.8, 4) is 0 Å². The number of amides is 1. The number of alkyl halides is 3. The number of nitrogens with one attached hydrogen (secondary N) is 1. The lowest BCUT2D eigenvalue weighted by molar-refractivity contribution is -0.137. The van der Waals surface area contributed by atoms with E-state index in [2.05, 4.69) is 10.3 Å². The number of halogens is 4. The number of hydrogen-bond donors (Lipinski definition) is 1. The second-order valence-electron chi connectivity index (χ2n) is 5.24. The van der Waals surface area contributed by atoms with Gasteiger partial charge in [-0.15, -0.1) is 11.8 Å². The highest BCUT2D eigenvalue weighted by Crippen LogP contribution is 2.33. The number of rotatable bonds is 7. The van der Waals surface area contributed by atoms with Crippen LogP contribution in [0.3, 0.4) is 0 Å². The standard InChI is InChI=1S/C17H16ClF3N2OS2/c1-25-10-11-2-4-12(5-3-11)15(24)22-6-7-26-16-14(18)8-13(9-23-16)17(19,20)21/h2-5,8-9H,6-7,10H2,1H3,(H,22,24). The van der Waals surface area contributed by atoms with Gasteiger partial charge >= 0.3 is 6.18 Å².